The van der Waals surface area contributed by atoms with Gasteiger partial charge in [-0.3, -0.25) is 9.78 Å². The molecule has 0 aliphatic heterocycles. The van der Waals surface area contributed by atoms with Crippen LogP contribution in [0.5, 0.6) is 5.75 Å². The van der Waals surface area contributed by atoms with Crippen LogP contribution in [-0.4, -0.2) is 23.5 Å². The van der Waals surface area contributed by atoms with Crippen molar-refractivity contribution < 1.29 is 9.53 Å². The van der Waals surface area contributed by atoms with Crippen LogP contribution < -0.4 is 10.1 Å². The van der Waals surface area contributed by atoms with Gasteiger partial charge in [-0.1, -0.05) is 18.5 Å². The van der Waals surface area contributed by atoms with Crippen molar-refractivity contribution >= 4 is 28.4 Å². The number of amides is 1. The molecule has 1 amide bonds. The normalized spacial score (nSPS) is 12.2. The molecule has 5 heteroatoms. The molecule has 2 rings (SSSR count). The highest BCUT2D eigenvalue weighted by Gasteiger charge is 2.10. The number of nitrogens with one attached hydrogen (secondary N) is 1. The first-order chi connectivity index (χ1) is 9.61. The van der Waals surface area contributed by atoms with Gasteiger partial charge < -0.3 is 10.1 Å². The number of rotatable bonds is 5. The van der Waals surface area contributed by atoms with Crippen molar-refractivity contribution in [3.8, 4) is 5.75 Å². The summed E-state index contributed by atoms with van der Waals surface area (Å²) in [6, 6.07) is 7.30. The summed E-state index contributed by atoms with van der Waals surface area (Å²) < 4.78 is 5.55. The molecule has 0 bridgehead atoms. The average molecular weight is 293 g/mol. The van der Waals surface area contributed by atoms with Crippen molar-refractivity contribution in [3.63, 3.8) is 0 Å². The molecule has 0 radical (unpaired) electrons. The topological polar surface area (TPSA) is 51.2 Å². The minimum atomic E-state index is -0.140. The van der Waals surface area contributed by atoms with Gasteiger partial charge in [0.1, 0.15) is 11.3 Å². The lowest BCUT2D eigenvalue weighted by Crippen LogP contribution is -2.35. The molecular formula is C15H17ClN2O2. The number of carbonyl (C=O) groups is 1. The third-order valence-corrected chi connectivity index (χ3v) is 3.39. The Kier molecular flexibility index (Phi) is 4.79. The molecule has 1 N–H and O–H groups in total. The highest BCUT2D eigenvalue weighted by atomic mass is 35.5. The highest BCUT2D eigenvalue weighted by molar-refractivity contribution is 6.35. The molecule has 0 aliphatic carbocycles. The molecule has 0 fully saturated rings. The minimum Gasteiger partial charge on any atom is -0.481 e. The summed E-state index contributed by atoms with van der Waals surface area (Å²) in [6.07, 6.45) is 2.56. The number of fused-ring (bicyclic) bond motifs is 1. The fraction of sp³-hybridized carbons (Fsp3) is 0.333. The Morgan fingerprint density at radius 3 is 3.00 bits per heavy atom. The molecule has 0 spiro atoms. The summed E-state index contributed by atoms with van der Waals surface area (Å²) >= 11 is 6.10. The number of hydrogen-bond donors (Lipinski definition) is 1. The molecule has 0 saturated carbocycles. The summed E-state index contributed by atoms with van der Waals surface area (Å²) in [4.78, 5) is 16.0. The zero-order valence-electron chi connectivity index (χ0n) is 11.5. The Labute approximate surface area is 123 Å². The molecule has 2 aromatic rings. The Bertz CT molecular complexity index is 616. The van der Waals surface area contributed by atoms with Gasteiger partial charge in [-0.25, -0.2) is 0 Å². The van der Waals surface area contributed by atoms with Gasteiger partial charge in [0.15, 0.2) is 6.61 Å². The predicted molar refractivity (Wildman–Crippen MR) is 80.1 cm³/mol. The quantitative estimate of drug-likeness (QED) is 0.921. The zero-order chi connectivity index (χ0) is 14.5. The van der Waals surface area contributed by atoms with Crippen molar-refractivity contribution in [3.05, 3.63) is 35.5 Å². The molecule has 4 nitrogen and oxygen atoms in total. The summed E-state index contributed by atoms with van der Waals surface area (Å²) in [5.74, 6) is 0.419. The van der Waals surface area contributed by atoms with Crippen molar-refractivity contribution in [2.24, 2.45) is 0 Å². The summed E-state index contributed by atoms with van der Waals surface area (Å²) in [6.45, 7) is 3.94. The lowest BCUT2D eigenvalue weighted by Gasteiger charge is -2.13. The third-order valence-electron chi connectivity index (χ3n) is 3.06. The lowest BCUT2D eigenvalue weighted by molar-refractivity contribution is -0.123. The van der Waals surface area contributed by atoms with Gasteiger partial charge in [-0.15, -0.1) is 0 Å². The Morgan fingerprint density at radius 2 is 2.25 bits per heavy atom. The van der Waals surface area contributed by atoms with Crippen molar-refractivity contribution in [1.29, 1.82) is 0 Å². The van der Waals surface area contributed by atoms with Gasteiger partial charge in [0.05, 0.1) is 5.02 Å². The van der Waals surface area contributed by atoms with E-state index in [9.17, 15) is 4.79 Å². The summed E-state index contributed by atoms with van der Waals surface area (Å²) in [5.41, 5.74) is 0.663. The molecule has 20 heavy (non-hydrogen) atoms. The van der Waals surface area contributed by atoms with E-state index in [1.54, 1.807) is 18.3 Å². The van der Waals surface area contributed by atoms with Crippen LogP contribution >= 0.6 is 11.6 Å². The second-order valence-electron chi connectivity index (χ2n) is 4.61. The monoisotopic (exact) mass is 292 g/mol. The van der Waals surface area contributed by atoms with Gasteiger partial charge in [0.25, 0.3) is 5.91 Å². The van der Waals surface area contributed by atoms with Crippen LogP contribution in [0.1, 0.15) is 20.3 Å². The number of nitrogens with zero attached hydrogens (tertiary/aromatic N) is 1. The Hall–Kier alpha value is -1.81. The van der Waals surface area contributed by atoms with Crippen LogP contribution in [-0.2, 0) is 4.79 Å². The molecule has 1 atom stereocenters. The number of carbonyl (C=O) groups excluding carboxylic acids is 1. The standard InChI is InChI=1S/C15H17ClN2O2/c1-3-10(2)18-14(19)9-20-13-7-6-12(16)11-5-4-8-17-15(11)13/h4-8,10H,3,9H2,1-2H3,(H,18,19)/t10-/m1/s1. The van der Waals surface area contributed by atoms with E-state index in [4.69, 9.17) is 16.3 Å². The molecule has 0 saturated heterocycles. The average Bonchev–Trinajstić information content (AvgIpc) is 2.46. The lowest BCUT2D eigenvalue weighted by atomic mass is 10.2. The first-order valence-electron chi connectivity index (χ1n) is 6.57. The molecular weight excluding hydrogens is 276 g/mol. The molecule has 1 aromatic carbocycles. The van der Waals surface area contributed by atoms with Crippen LogP contribution in [0.25, 0.3) is 10.9 Å². The molecule has 0 unspecified atom stereocenters. The van der Waals surface area contributed by atoms with Crippen LogP contribution in [0.2, 0.25) is 5.02 Å². The van der Waals surface area contributed by atoms with E-state index in [0.29, 0.717) is 16.3 Å². The number of ether oxygens (including phenoxy) is 1. The molecule has 1 aromatic heterocycles. The van der Waals surface area contributed by atoms with E-state index in [1.165, 1.54) is 0 Å². The first kappa shape index (κ1) is 14.6. The van der Waals surface area contributed by atoms with Crippen LogP contribution in [0.15, 0.2) is 30.5 Å². The van der Waals surface area contributed by atoms with Crippen LogP contribution in [0.4, 0.5) is 0 Å². The van der Waals surface area contributed by atoms with Crippen LogP contribution in [0.3, 0.4) is 0 Å². The zero-order valence-corrected chi connectivity index (χ0v) is 12.3. The summed E-state index contributed by atoms with van der Waals surface area (Å²) in [5, 5.41) is 4.28. The minimum absolute atomic E-state index is 0.0301. The number of hydrogen-bond acceptors (Lipinski definition) is 3. The van der Waals surface area contributed by atoms with Gasteiger partial charge in [0, 0.05) is 17.6 Å². The first-order valence-corrected chi connectivity index (χ1v) is 6.95. The number of pyridine rings is 1. The van der Waals surface area contributed by atoms with Crippen molar-refractivity contribution in [1.82, 2.24) is 10.3 Å². The van der Waals surface area contributed by atoms with E-state index in [1.807, 2.05) is 26.0 Å². The van der Waals surface area contributed by atoms with E-state index >= 15 is 0 Å². The molecule has 1 heterocycles. The smallest absolute Gasteiger partial charge is 0.258 e. The van der Waals surface area contributed by atoms with E-state index < -0.39 is 0 Å². The Balaban J connectivity index is 2.11. The van der Waals surface area contributed by atoms with Gasteiger partial charge in [-0.05, 0) is 37.6 Å². The summed E-state index contributed by atoms with van der Waals surface area (Å²) in [7, 11) is 0. The van der Waals surface area contributed by atoms with Crippen molar-refractivity contribution in [2.45, 2.75) is 26.3 Å². The molecule has 0 aliphatic rings. The fourth-order valence-electron chi connectivity index (χ4n) is 1.79. The maximum Gasteiger partial charge on any atom is 0.258 e. The van der Waals surface area contributed by atoms with Crippen molar-refractivity contribution in [2.75, 3.05) is 6.61 Å². The van der Waals surface area contributed by atoms with Gasteiger partial charge >= 0.3 is 0 Å². The molecule has 106 valence electrons. The Morgan fingerprint density at radius 1 is 1.45 bits per heavy atom. The second-order valence-corrected chi connectivity index (χ2v) is 5.02. The number of halogens is 1. The maximum atomic E-state index is 11.7. The highest BCUT2D eigenvalue weighted by Crippen LogP contribution is 2.29. The fourth-order valence-corrected chi connectivity index (χ4v) is 2.01. The third kappa shape index (κ3) is 3.39. The SMILES string of the molecule is CC[C@@H](C)NC(=O)COc1ccc(Cl)c2cccnc12. The number of aromatic nitrogens is 1. The second kappa shape index (κ2) is 6.57. The van der Waals surface area contributed by atoms with Gasteiger partial charge in [0.2, 0.25) is 0 Å². The predicted octanol–water partition coefficient (Wildman–Crippen LogP) is 3.18. The largest absolute Gasteiger partial charge is 0.481 e. The maximum absolute atomic E-state index is 11.7. The van der Waals surface area contributed by atoms with Crippen LogP contribution in [0, 0.1) is 0 Å². The van der Waals surface area contributed by atoms with E-state index in [2.05, 4.69) is 10.3 Å². The van der Waals surface area contributed by atoms with E-state index in [0.717, 1.165) is 11.8 Å². The van der Waals surface area contributed by atoms with Gasteiger partial charge in [-0.2, -0.15) is 0 Å². The van der Waals surface area contributed by atoms with E-state index in [-0.39, 0.29) is 18.6 Å². The number of benzene rings is 1.